The minimum Gasteiger partial charge on any atom is -0.360 e. The van der Waals surface area contributed by atoms with Gasteiger partial charge in [-0.15, -0.1) is 23.7 Å². The van der Waals surface area contributed by atoms with Crippen LogP contribution in [-0.4, -0.2) is 53.7 Å². The Hall–Kier alpha value is -1.47. The third-order valence-electron chi connectivity index (χ3n) is 5.46. The molecular weight excluding hydrogens is 382 g/mol. The van der Waals surface area contributed by atoms with Crippen LogP contribution in [-0.2, 0) is 16.0 Å². The summed E-state index contributed by atoms with van der Waals surface area (Å²) in [5.41, 5.74) is 1.15. The summed E-state index contributed by atoms with van der Waals surface area (Å²) in [6.45, 7) is 5.59. The van der Waals surface area contributed by atoms with E-state index in [1.54, 1.807) is 6.20 Å². The van der Waals surface area contributed by atoms with Crippen molar-refractivity contribution in [2.45, 2.75) is 37.9 Å². The number of benzene rings is 1. The van der Waals surface area contributed by atoms with E-state index in [1.807, 2.05) is 17.2 Å². The predicted molar refractivity (Wildman–Crippen MR) is 111 cm³/mol. The number of thiazole rings is 1. The standard InChI is InChI=1S/C20H25N3O2S.ClH/c1-16-18(24)23(19-21-10-14-26-19)15-20(25-16)8-12-22(13-9-20)11-7-17-5-3-2-4-6-17;/h2-6,10,14,16H,7-9,11-13,15H2,1H3;1H. The van der Waals surface area contributed by atoms with E-state index in [1.165, 1.54) is 16.9 Å². The first-order valence-electron chi connectivity index (χ1n) is 9.30. The van der Waals surface area contributed by atoms with Gasteiger partial charge in [0.05, 0.1) is 12.1 Å². The van der Waals surface area contributed by atoms with Crippen molar-refractivity contribution in [1.29, 1.82) is 0 Å². The van der Waals surface area contributed by atoms with Gasteiger partial charge in [0.15, 0.2) is 5.13 Å². The minimum atomic E-state index is -0.400. The van der Waals surface area contributed by atoms with Crippen LogP contribution in [0.15, 0.2) is 41.9 Å². The normalized spacial score (nSPS) is 22.6. The molecule has 2 aromatic rings. The van der Waals surface area contributed by atoms with E-state index in [9.17, 15) is 4.79 Å². The first-order valence-corrected chi connectivity index (χ1v) is 10.2. The monoisotopic (exact) mass is 407 g/mol. The molecule has 0 N–H and O–H groups in total. The molecule has 5 nitrogen and oxygen atoms in total. The van der Waals surface area contributed by atoms with Crippen molar-refractivity contribution in [2.75, 3.05) is 31.1 Å². The van der Waals surface area contributed by atoms with Gasteiger partial charge in [0, 0.05) is 31.2 Å². The molecule has 0 saturated carbocycles. The molecule has 3 heterocycles. The van der Waals surface area contributed by atoms with Crippen molar-refractivity contribution in [3.05, 3.63) is 47.5 Å². The Bertz CT molecular complexity index is 733. The molecule has 1 unspecified atom stereocenters. The first kappa shape index (κ1) is 20.3. The van der Waals surface area contributed by atoms with Crippen LogP contribution in [0.1, 0.15) is 25.3 Å². The van der Waals surface area contributed by atoms with Crippen LogP contribution >= 0.6 is 23.7 Å². The maximum atomic E-state index is 12.5. The first-order chi connectivity index (χ1) is 12.7. The fourth-order valence-corrected chi connectivity index (χ4v) is 4.60. The van der Waals surface area contributed by atoms with Gasteiger partial charge in [-0.1, -0.05) is 30.3 Å². The van der Waals surface area contributed by atoms with Crippen LogP contribution in [0.2, 0.25) is 0 Å². The van der Waals surface area contributed by atoms with Gasteiger partial charge in [-0.25, -0.2) is 4.98 Å². The summed E-state index contributed by atoms with van der Waals surface area (Å²) >= 11 is 1.52. The number of aromatic nitrogens is 1. The molecule has 1 amide bonds. The third kappa shape index (κ3) is 4.51. The number of hydrogen-bond donors (Lipinski definition) is 0. The van der Waals surface area contributed by atoms with Gasteiger partial charge in [-0.3, -0.25) is 9.69 Å². The lowest BCUT2D eigenvalue weighted by Crippen LogP contribution is -2.61. The van der Waals surface area contributed by atoms with Crippen molar-refractivity contribution in [3.8, 4) is 0 Å². The van der Waals surface area contributed by atoms with Crippen molar-refractivity contribution in [3.63, 3.8) is 0 Å². The summed E-state index contributed by atoms with van der Waals surface area (Å²) in [6.07, 6.45) is 4.35. The molecule has 2 saturated heterocycles. The number of carbonyl (C=O) groups excluding carboxylic acids is 1. The fourth-order valence-electron chi connectivity index (χ4n) is 3.95. The van der Waals surface area contributed by atoms with Crippen molar-refractivity contribution >= 4 is 34.8 Å². The molecule has 27 heavy (non-hydrogen) atoms. The number of likely N-dealkylation sites (tertiary alicyclic amines) is 1. The van der Waals surface area contributed by atoms with E-state index in [-0.39, 0.29) is 23.9 Å². The Morgan fingerprint density at radius 3 is 2.67 bits per heavy atom. The van der Waals surface area contributed by atoms with Crippen LogP contribution in [0, 0.1) is 0 Å². The number of carbonyl (C=O) groups is 1. The number of hydrogen-bond acceptors (Lipinski definition) is 5. The summed E-state index contributed by atoms with van der Waals surface area (Å²) in [4.78, 5) is 21.2. The maximum absolute atomic E-state index is 12.5. The van der Waals surface area contributed by atoms with Crippen LogP contribution in [0.4, 0.5) is 5.13 Å². The van der Waals surface area contributed by atoms with Crippen LogP contribution in [0.5, 0.6) is 0 Å². The SMILES string of the molecule is CC1OC2(CCN(CCc3ccccc3)CC2)CN(c2nccs2)C1=O.Cl. The minimum absolute atomic E-state index is 0. The van der Waals surface area contributed by atoms with Crippen molar-refractivity contribution in [1.82, 2.24) is 9.88 Å². The Kier molecular flexibility index (Phi) is 6.52. The van der Waals surface area contributed by atoms with E-state index < -0.39 is 6.10 Å². The number of amides is 1. The van der Waals surface area contributed by atoms with Gasteiger partial charge < -0.3 is 9.64 Å². The second kappa shape index (κ2) is 8.69. The van der Waals surface area contributed by atoms with Crippen LogP contribution in [0.3, 0.4) is 0 Å². The summed E-state index contributed by atoms with van der Waals surface area (Å²) in [6, 6.07) is 10.6. The topological polar surface area (TPSA) is 45.7 Å². The Morgan fingerprint density at radius 2 is 2.00 bits per heavy atom. The molecule has 2 aliphatic rings. The highest BCUT2D eigenvalue weighted by atomic mass is 35.5. The van der Waals surface area contributed by atoms with E-state index in [0.29, 0.717) is 6.54 Å². The zero-order valence-electron chi connectivity index (χ0n) is 15.5. The van der Waals surface area contributed by atoms with E-state index in [2.05, 4.69) is 40.2 Å². The van der Waals surface area contributed by atoms with Gasteiger partial charge >= 0.3 is 0 Å². The molecule has 1 atom stereocenters. The quantitative estimate of drug-likeness (QED) is 0.779. The molecular formula is C20H26ClN3O2S. The summed E-state index contributed by atoms with van der Waals surface area (Å²) in [7, 11) is 0. The lowest BCUT2D eigenvalue weighted by Gasteiger charge is -2.48. The smallest absolute Gasteiger partial charge is 0.257 e. The molecule has 2 aliphatic heterocycles. The summed E-state index contributed by atoms with van der Waals surface area (Å²) in [5.74, 6) is 0.0251. The second-order valence-electron chi connectivity index (χ2n) is 7.26. The summed E-state index contributed by atoms with van der Waals surface area (Å²) < 4.78 is 6.23. The third-order valence-corrected chi connectivity index (χ3v) is 6.26. The number of morpholine rings is 1. The molecule has 0 aliphatic carbocycles. The van der Waals surface area contributed by atoms with Crippen LogP contribution < -0.4 is 4.90 Å². The van der Waals surface area contributed by atoms with Gasteiger partial charge in [-0.2, -0.15) is 0 Å². The van der Waals surface area contributed by atoms with Gasteiger partial charge in [0.2, 0.25) is 0 Å². The molecule has 146 valence electrons. The molecule has 1 spiro atoms. The Balaban J connectivity index is 0.00000210. The average molecular weight is 408 g/mol. The summed E-state index contributed by atoms with van der Waals surface area (Å²) in [5, 5.41) is 2.71. The van der Waals surface area contributed by atoms with Crippen LogP contribution in [0.25, 0.3) is 0 Å². The number of anilines is 1. The molecule has 7 heteroatoms. The molecule has 4 rings (SSSR count). The highest BCUT2D eigenvalue weighted by Gasteiger charge is 2.46. The van der Waals surface area contributed by atoms with E-state index in [0.717, 1.165) is 44.0 Å². The molecule has 1 aromatic heterocycles. The highest BCUT2D eigenvalue weighted by molar-refractivity contribution is 7.13. The van der Waals surface area contributed by atoms with Gasteiger partial charge in [-0.05, 0) is 31.7 Å². The highest BCUT2D eigenvalue weighted by Crippen LogP contribution is 2.35. The van der Waals surface area contributed by atoms with E-state index >= 15 is 0 Å². The number of ether oxygens (including phenoxy) is 1. The Labute approximate surface area is 170 Å². The van der Waals surface area contributed by atoms with Gasteiger partial charge in [0.25, 0.3) is 5.91 Å². The molecule has 0 radical (unpaired) electrons. The number of halogens is 1. The lowest BCUT2D eigenvalue weighted by atomic mass is 9.88. The van der Waals surface area contributed by atoms with Crippen molar-refractivity contribution in [2.24, 2.45) is 0 Å². The Morgan fingerprint density at radius 1 is 1.26 bits per heavy atom. The maximum Gasteiger partial charge on any atom is 0.257 e. The number of rotatable bonds is 4. The second-order valence-corrected chi connectivity index (χ2v) is 8.13. The largest absolute Gasteiger partial charge is 0.360 e. The van der Waals surface area contributed by atoms with Gasteiger partial charge in [0.1, 0.15) is 6.10 Å². The lowest BCUT2D eigenvalue weighted by molar-refractivity contribution is -0.161. The predicted octanol–water partition coefficient (Wildman–Crippen LogP) is 3.39. The molecule has 2 fully saturated rings. The number of nitrogens with zero attached hydrogens (tertiary/aromatic N) is 3. The average Bonchev–Trinajstić information content (AvgIpc) is 3.20. The molecule has 0 bridgehead atoms. The molecule has 1 aromatic carbocycles. The zero-order chi connectivity index (χ0) is 18.0. The fraction of sp³-hybridized carbons (Fsp3) is 0.500. The van der Waals surface area contributed by atoms with E-state index in [4.69, 9.17) is 4.74 Å². The number of piperidine rings is 1. The zero-order valence-corrected chi connectivity index (χ0v) is 17.2. The van der Waals surface area contributed by atoms with Crippen molar-refractivity contribution < 1.29 is 9.53 Å².